The molecule has 2 aromatic carbocycles. The van der Waals surface area contributed by atoms with Crippen LogP contribution in [0, 0.1) is 0 Å². The van der Waals surface area contributed by atoms with Crippen molar-refractivity contribution in [2.45, 2.75) is 19.4 Å². The van der Waals surface area contributed by atoms with E-state index in [1.165, 1.54) is 11.3 Å². The average Bonchev–Trinajstić information content (AvgIpc) is 3.11. The summed E-state index contributed by atoms with van der Waals surface area (Å²) in [7, 11) is 1.95. The lowest BCUT2D eigenvalue weighted by Gasteiger charge is -2.25. The number of thiazole rings is 1. The number of rotatable bonds is 7. The number of aromatic nitrogens is 1. The van der Waals surface area contributed by atoms with Gasteiger partial charge in [-0.3, -0.25) is 9.69 Å². The minimum absolute atomic E-state index is 0.0795. The molecule has 0 spiro atoms. The van der Waals surface area contributed by atoms with E-state index in [4.69, 9.17) is 11.6 Å². The van der Waals surface area contributed by atoms with Crippen molar-refractivity contribution in [1.82, 2.24) is 9.88 Å². The molecule has 0 aliphatic heterocycles. The summed E-state index contributed by atoms with van der Waals surface area (Å²) in [4.78, 5) is 20.4. The van der Waals surface area contributed by atoms with Gasteiger partial charge in [-0.05, 0) is 30.8 Å². The predicted molar refractivity (Wildman–Crippen MR) is 112 cm³/mol. The first-order valence-electron chi connectivity index (χ1n) is 8.82. The molecule has 3 aromatic rings. The quantitative estimate of drug-likeness (QED) is 0.606. The molecule has 4 nitrogen and oxygen atoms in total. The smallest absolute Gasteiger partial charge is 0.248 e. The molecule has 1 amide bonds. The monoisotopic (exact) mass is 399 g/mol. The van der Waals surface area contributed by atoms with E-state index in [2.05, 4.69) is 10.3 Å². The number of halogens is 1. The Kier molecular flexibility index (Phi) is 6.61. The Morgan fingerprint density at radius 2 is 1.89 bits per heavy atom. The molecular formula is C21H22ClN3OS. The van der Waals surface area contributed by atoms with E-state index in [9.17, 15) is 4.79 Å². The maximum absolute atomic E-state index is 12.9. The zero-order valence-corrected chi connectivity index (χ0v) is 16.9. The number of benzene rings is 2. The number of nitrogens with zero attached hydrogens (tertiary/aromatic N) is 2. The third-order valence-corrected chi connectivity index (χ3v) is 5.69. The molecule has 0 bridgehead atoms. The Bertz CT molecular complexity index is 897. The van der Waals surface area contributed by atoms with Gasteiger partial charge in [-0.15, -0.1) is 11.3 Å². The molecule has 1 aromatic heterocycles. The first-order chi connectivity index (χ1) is 13.1. The van der Waals surface area contributed by atoms with E-state index in [1.807, 2.05) is 73.5 Å². The second kappa shape index (κ2) is 9.13. The molecule has 3 rings (SSSR count). The number of nitrogens with one attached hydrogen (secondary N) is 1. The number of carbonyl (C=O) groups excluding carboxylic acids is 1. The van der Waals surface area contributed by atoms with Gasteiger partial charge in [0.25, 0.3) is 0 Å². The highest BCUT2D eigenvalue weighted by Crippen LogP contribution is 2.26. The van der Waals surface area contributed by atoms with Gasteiger partial charge in [0.05, 0.1) is 0 Å². The fourth-order valence-electron chi connectivity index (χ4n) is 2.87. The van der Waals surface area contributed by atoms with Crippen molar-refractivity contribution in [3.05, 3.63) is 81.8 Å². The third-order valence-electron chi connectivity index (χ3n) is 4.41. The zero-order chi connectivity index (χ0) is 19.2. The van der Waals surface area contributed by atoms with Gasteiger partial charge in [-0.25, -0.2) is 4.98 Å². The summed E-state index contributed by atoms with van der Waals surface area (Å²) in [5.74, 6) is -0.0795. The van der Waals surface area contributed by atoms with Crippen LogP contribution in [-0.4, -0.2) is 29.4 Å². The average molecular weight is 400 g/mol. The van der Waals surface area contributed by atoms with Crippen LogP contribution in [0.5, 0.6) is 0 Å². The van der Waals surface area contributed by atoms with E-state index < -0.39 is 0 Å². The Balaban J connectivity index is 1.73. The van der Waals surface area contributed by atoms with Crippen molar-refractivity contribution in [3.63, 3.8) is 0 Å². The van der Waals surface area contributed by atoms with Crippen LogP contribution in [0.2, 0.25) is 5.02 Å². The molecule has 0 fully saturated rings. The molecule has 0 radical (unpaired) electrons. The van der Waals surface area contributed by atoms with Crippen LogP contribution in [0.25, 0.3) is 0 Å². The van der Waals surface area contributed by atoms with E-state index in [-0.39, 0.29) is 11.9 Å². The van der Waals surface area contributed by atoms with Crippen LogP contribution in [0.3, 0.4) is 0 Å². The molecule has 0 saturated heterocycles. The first-order valence-corrected chi connectivity index (χ1v) is 10.0. The summed E-state index contributed by atoms with van der Waals surface area (Å²) in [5.41, 5.74) is 2.01. The normalized spacial score (nSPS) is 12.1. The van der Waals surface area contributed by atoms with Gasteiger partial charge in [0, 0.05) is 22.5 Å². The van der Waals surface area contributed by atoms with Gasteiger partial charge in [0.15, 0.2) is 5.13 Å². The molecule has 6 heteroatoms. The van der Waals surface area contributed by atoms with Crippen LogP contribution in [0.1, 0.15) is 29.0 Å². The van der Waals surface area contributed by atoms with E-state index in [0.29, 0.717) is 11.6 Å². The van der Waals surface area contributed by atoms with Crippen molar-refractivity contribution in [3.8, 4) is 0 Å². The standard InChI is InChI=1S/C21H22ClN3OS/c1-3-25(2)19(15-9-5-4-6-10-15)20(26)24-21-23-14-17(27-21)13-16-11-7-8-12-18(16)22/h4-12,14,19H,3,13H2,1-2H3,(H,23,24,26). The zero-order valence-electron chi connectivity index (χ0n) is 15.4. The van der Waals surface area contributed by atoms with Crippen molar-refractivity contribution in [1.29, 1.82) is 0 Å². The fraction of sp³-hybridized carbons (Fsp3) is 0.238. The summed E-state index contributed by atoms with van der Waals surface area (Å²) in [6, 6.07) is 17.2. The summed E-state index contributed by atoms with van der Waals surface area (Å²) in [6.07, 6.45) is 2.49. The van der Waals surface area contributed by atoms with Crippen molar-refractivity contribution in [2.75, 3.05) is 18.9 Å². The molecule has 1 unspecified atom stereocenters. The lowest BCUT2D eigenvalue weighted by Crippen LogP contribution is -2.34. The maximum atomic E-state index is 12.9. The van der Waals surface area contributed by atoms with Crippen LogP contribution in [0.15, 0.2) is 60.8 Å². The number of hydrogen-bond acceptors (Lipinski definition) is 4. The number of carbonyl (C=O) groups is 1. The molecule has 0 saturated carbocycles. The van der Waals surface area contributed by atoms with Crippen LogP contribution < -0.4 is 5.32 Å². The number of amides is 1. The molecule has 140 valence electrons. The van der Waals surface area contributed by atoms with Crippen LogP contribution in [-0.2, 0) is 11.2 Å². The van der Waals surface area contributed by atoms with Gasteiger partial charge < -0.3 is 5.32 Å². The molecule has 0 aliphatic rings. The highest BCUT2D eigenvalue weighted by molar-refractivity contribution is 7.15. The minimum Gasteiger partial charge on any atom is -0.300 e. The lowest BCUT2D eigenvalue weighted by atomic mass is 10.1. The predicted octanol–water partition coefficient (Wildman–Crippen LogP) is 5.02. The Hall–Kier alpha value is -2.21. The summed E-state index contributed by atoms with van der Waals surface area (Å²) in [5, 5.41) is 4.32. The molecular weight excluding hydrogens is 378 g/mol. The molecule has 0 aliphatic carbocycles. The Labute approximate surface area is 168 Å². The number of anilines is 1. The third kappa shape index (κ3) is 4.95. The summed E-state index contributed by atoms with van der Waals surface area (Å²) >= 11 is 7.71. The maximum Gasteiger partial charge on any atom is 0.248 e. The largest absolute Gasteiger partial charge is 0.300 e. The SMILES string of the molecule is CCN(C)C(C(=O)Nc1ncc(Cc2ccccc2Cl)s1)c1ccccc1. The van der Waals surface area contributed by atoms with Gasteiger partial charge in [-0.2, -0.15) is 0 Å². The van der Waals surface area contributed by atoms with E-state index in [0.717, 1.165) is 27.6 Å². The second-order valence-electron chi connectivity index (χ2n) is 6.28. The number of likely N-dealkylation sites (N-methyl/N-ethyl adjacent to an activating group) is 1. The van der Waals surface area contributed by atoms with Gasteiger partial charge in [0.1, 0.15) is 6.04 Å². The molecule has 27 heavy (non-hydrogen) atoms. The number of hydrogen-bond donors (Lipinski definition) is 1. The van der Waals surface area contributed by atoms with Crippen LogP contribution >= 0.6 is 22.9 Å². The van der Waals surface area contributed by atoms with Crippen LogP contribution in [0.4, 0.5) is 5.13 Å². The first kappa shape index (κ1) is 19.5. The molecule has 1 atom stereocenters. The lowest BCUT2D eigenvalue weighted by molar-refractivity contribution is -0.121. The Morgan fingerprint density at radius 3 is 2.59 bits per heavy atom. The highest BCUT2D eigenvalue weighted by atomic mass is 35.5. The van der Waals surface area contributed by atoms with Crippen molar-refractivity contribution >= 4 is 34.0 Å². The summed E-state index contributed by atoms with van der Waals surface area (Å²) < 4.78 is 0. The van der Waals surface area contributed by atoms with Gasteiger partial charge >= 0.3 is 0 Å². The molecule has 1 heterocycles. The topological polar surface area (TPSA) is 45.2 Å². The second-order valence-corrected chi connectivity index (χ2v) is 7.80. The Morgan fingerprint density at radius 1 is 1.19 bits per heavy atom. The summed E-state index contributed by atoms with van der Waals surface area (Å²) in [6.45, 7) is 2.80. The van der Waals surface area contributed by atoms with Crippen molar-refractivity contribution in [2.24, 2.45) is 0 Å². The minimum atomic E-state index is -0.355. The van der Waals surface area contributed by atoms with Gasteiger partial charge in [0.2, 0.25) is 5.91 Å². The van der Waals surface area contributed by atoms with E-state index in [1.54, 1.807) is 6.20 Å². The van der Waals surface area contributed by atoms with E-state index >= 15 is 0 Å². The van der Waals surface area contributed by atoms with Crippen molar-refractivity contribution < 1.29 is 4.79 Å². The molecule has 1 N–H and O–H groups in total. The van der Waals surface area contributed by atoms with Gasteiger partial charge in [-0.1, -0.05) is 67.1 Å². The highest BCUT2D eigenvalue weighted by Gasteiger charge is 2.25. The fourth-order valence-corrected chi connectivity index (χ4v) is 3.92.